The summed E-state index contributed by atoms with van der Waals surface area (Å²) in [5.74, 6) is 3.87. The number of esters is 1. The Morgan fingerprint density at radius 1 is 1.07 bits per heavy atom. The number of carbonyl (C=O) groups excluding carboxylic acids is 1. The number of allylic oxidation sites excluding steroid dienone is 2. The Balaban J connectivity index is 1.57. The highest BCUT2D eigenvalue weighted by molar-refractivity contribution is 5.77. The van der Waals surface area contributed by atoms with E-state index in [9.17, 15) is 4.79 Å². The van der Waals surface area contributed by atoms with Crippen molar-refractivity contribution in [3.8, 4) is 0 Å². The maximum absolute atomic E-state index is 13.0. The van der Waals surface area contributed by atoms with Crippen molar-refractivity contribution in [1.29, 1.82) is 0 Å². The first-order valence-electron chi connectivity index (χ1n) is 12.4. The van der Waals surface area contributed by atoms with Gasteiger partial charge in [-0.3, -0.25) is 4.79 Å². The minimum Gasteiger partial charge on any atom is -0.431 e. The fourth-order valence-electron chi connectivity index (χ4n) is 7.70. The van der Waals surface area contributed by atoms with Gasteiger partial charge in [-0.1, -0.05) is 53.9 Å². The predicted octanol–water partition coefficient (Wildman–Crippen LogP) is 6.22. The summed E-state index contributed by atoms with van der Waals surface area (Å²) in [5, 5.41) is 0. The second kappa shape index (κ2) is 7.70. The van der Waals surface area contributed by atoms with E-state index in [-0.39, 0.29) is 23.3 Å². The molecular formula is C26H43NO2. The van der Waals surface area contributed by atoms with Crippen LogP contribution in [0.3, 0.4) is 0 Å². The van der Waals surface area contributed by atoms with E-state index in [1.54, 1.807) is 0 Å². The summed E-state index contributed by atoms with van der Waals surface area (Å²) in [6.45, 7) is 12.0. The smallest absolute Gasteiger partial charge is 0.314 e. The lowest BCUT2D eigenvalue weighted by Gasteiger charge is -2.53. The van der Waals surface area contributed by atoms with E-state index in [1.807, 2.05) is 0 Å². The Bertz CT molecular complexity index is 682. The molecule has 0 spiro atoms. The fourth-order valence-corrected chi connectivity index (χ4v) is 7.70. The van der Waals surface area contributed by atoms with Gasteiger partial charge in [0.15, 0.2) is 0 Å². The summed E-state index contributed by atoms with van der Waals surface area (Å²) < 4.78 is 6.18. The molecule has 0 unspecified atom stereocenters. The number of hydrogen-bond acceptors (Lipinski definition) is 3. The molecule has 0 amide bonds. The minimum absolute atomic E-state index is 0.0111. The van der Waals surface area contributed by atoms with Gasteiger partial charge in [0, 0.05) is 17.4 Å². The number of nitrogens with two attached hydrogens (primary N) is 1. The Kier molecular flexibility index (Phi) is 5.68. The van der Waals surface area contributed by atoms with Crippen LogP contribution >= 0.6 is 0 Å². The van der Waals surface area contributed by atoms with E-state index >= 15 is 0 Å². The van der Waals surface area contributed by atoms with Crippen LogP contribution < -0.4 is 5.73 Å². The Labute approximate surface area is 178 Å². The number of rotatable bonds is 5. The first-order valence-corrected chi connectivity index (χ1v) is 12.4. The highest BCUT2D eigenvalue weighted by Gasteiger charge is 2.59. The second-order valence-electron chi connectivity index (χ2n) is 11.8. The van der Waals surface area contributed by atoms with Crippen molar-refractivity contribution in [3.05, 3.63) is 11.3 Å². The van der Waals surface area contributed by atoms with Gasteiger partial charge in [-0.2, -0.15) is 0 Å². The number of ether oxygens (including phenoxy) is 1. The molecule has 29 heavy (non-hydrogen) atoms. The van der Waals surface area contributed by atoms with Gasteiger partial charge in [0.05, 0.1) is 5.92 Å². The van der Waals surface area contributed by atoms with Gasteiger partial charge >= 0.3 is 5.97 Å². The quantitative estimate of drug-likeness (QED) is 0.556. The van der Waals surface area contributed by atoms with Crippen LogP contribution in [0, 0.1) is 40.4 Å². The van der Waals surface area contributed by atoms with Gasteiger partial charge in [0.2, 0.25) is 0 Å². The van der Waals surface area contributed by atoms with E-state index < -0.39 is 0 Å². The molecule has 2 saturated carbocycles. The van der Waals surface area contributed by atoms with E-state index in [4.69, 9.17) is 10.5 Å². The Hall–Kier alpha value is -0.830. The second-order valence-corrected chi connectivity index (χ2v) is 11.8. The molecule has 2 fully saturated rings. The molecule has 4 rings (SSSR count). The van der Waals surface area contributed by atoms with Gasteiger partial charge in [-0.05, 0) is 73.7 Å². The van der Waals surface area contributed by atoms with Crippen LogP contribution in [0.5, 0.6) is 0 Å². The maximum atomic E-state index is 13.0. The van der Waals surface area contributed by atoms with Crippen LogP contribution in [0.25, 0.3) is 0 Å². The summed E-state index contributed by atoms with van der Waals surface area (Å²) in [6.07, 6.45) is 11.8. The summed E-state index contributed by atoms with van der Waals surface area (Å²) in [7, 11) is 0. The molecule has 0 aromatic carbocycles. The van der Waals surface area contributed by atoms with Crippen LogP contribution in [0.1, 0.15) is 98.8 Å². The van der Waals surface area contributed by atoms with Crippen molar-refractivity contribution in [3.63, 3.8) is 0 Å². The van der Waals surface area contributed by atoms with Crippen molar-refractivity contribution in [2.75, 3.05) is 0 Å². The molecule has 3 heteroatoms. The zero-order valence-electron chi connectivity index (χ0n) is 19.4. The highest BCUT2D eigenvalue weighted by atomic mass is 16.5. The topological polar surface area (TPSA) is 52.3 Å². The largest absolute Gasteiger partial charge is 0.431 e. The van der Waals surface area contributed by atoms with Crippen LogP contribution in [-0.4, -0.2) is 12.0 Å². The molecule has 1 aliphatic heterocycles. The zero-order chi connectivity index (χ0) is 21.0. The third-order valence-corrected chi connectivity index (χ3v) is 9.59. The van der Waals surface area contributed by atoms with Crippen molar-refractivity contribution in [2.45, 2.75) is 105 Å². The standard InChI is InChI=1S/C26H43NO2/c1-16(2)7-6-8-17(3)19-9-10-20-23-21(12-14-25(19,20)4)26(5)13-11-18(27)15-22(26)24(28)29-23/h16-20,22H,6-15,27H2,1-5H3/t17-,18+,19-,20+,22-,25-,26-/m1/s1. The molecule has 0 aromatic heterocycles. The molecule has 0 radical (unpaired) electrons. The fraction of sp³-hybridized carbons (Fsp3) is 0.885. The van der Waals surface area contributed by atoms with Crippen LogP contribution in [0.4, 0.5) is 0 Å². The van der Waals surface area contributed by atoms with Gasteiger partial charge in [-0.25, -0.2) is 0 Å². The number of carbonyl (C=O) groups is 1. The molecule has 3 aliphatic carbocycles. The monoisotopic (exact) mass is 401 g/mol. The normalized spacial score (nSPS) is 42.9. The molecule has 0 aromatic rings. The van der Waals surface area contributed by atoms with E-state index in [2.05, 4.69) is 34.6 Å². The molecule has 164 valence electrons. The zero-order valence-corrected chi connectivity index (χ0v) is 19.4. The van der Waals surface area contributed by atoms with Gasteiger partial charge in [0.1, 0.15) is 5.76 Å². The molecule has 0 saturated heterocycles. The summed E-state index contributed by atoms with van der Waals surface area (Å²) in [6, 6.07) is 0.152. The summed E-state index contributed by atoms with van der Waals surface area (Å²) in [4.78, 5) is 13.0. The van der Waals surface area contributed by atoms with Crippen LogP contribution in [0.2, 0.25) is 0 Å². The molecule has 3 nitrogen and oxygen atoms in total. The van der Waals surface area contributed by atoms with Crippen molar-refractivity contribution in [1.82, 2.24) is 0 Å². The molecule has 7 atom stereocenters. The third kappa shape index (κ3) is 3.50. The molecule has 1 heterocycles. The SMILES string of the molecule is CC(C)CCC[C@@H](C)[C@H]1CC[C@H]2C3=C(CC[C@]12C)[C@@]1(C)CC[C@H](N)C[C@@H]1C(=O)O3. The average molecular weight is 402 g/mol. The average Bonchev–Trinajstić information content (AvgIpc) is 3.00. The Morgan fingerprint density at radius 3 is 2.55 bits per heavy atom. The van der Waals surface area contributed by atoms with Crippen LogP contribution in [0.15, 0.2) is 11.3 Å². The lowest BCUT2D eigenvalue weighted by Crippen LogP contribution is -2.51. The first-order chi connectivity index (χ1) is 13.7. The minimum atomic E-state index is -0.0264. The first kappa shape index (κ1) is 21.4. The van der Waals surface area contributed by atoms with Gasteiger partial charge < -0.3 is 10.5 Å². The van der Waals surface area contributed by atoms with E-state index in [0.717, 1.165) is 49.2 Å². The maximum Gasteiger partial charge on any atom is 0.314 e. The summed E-state index contributed by atoms with van der Waals surface area (Å²) in [5.41, 5.74) is 8.00. The predicted molar refractivity (Wildman–Crippen MR) is 118 cm³/mol. The highest BCUT2D eigenvalue weighted by Crippen LogP contribution is 2.64. The lowest BCUT2D eigenvalue weighted by molar-refractivity contribution is -0.157. The summed E-state index contributed by atoms with van der Waals surface area (Å²) >= 11 is 0. The molecule has 4 aliphatic rings. The number of hydrogen-bond donors (Lipinski definition) is 1. The molecule has 0 bridgehead atoms. The van der Waals surface area contributed by atoms with Crippen molar-refractivity contribution >= 4 is 5.97 Å². The van der Waals surface area contributed by atoms with Crippen molar-refractivity contribution < 1.29 is 9.53 Å². The molecule has 2 N–H and O–H groups in total. The Morgan fingerprint density at radius 2 is 1.83 bits per heavy atom. The van der Waals surface area contributed by atoms with Gasteiger partial charge in [0.25, 0.3) is 0 Å². The molecular weight excluding hydrogens is 358 g/mol. The van der Waals surface area contributed by atoms with E-state index in [0.29, 0.717) is 11.3 Å². The van der Waals surface area contributed by atoms with Gasteiger partial charge in [-0.15, -0.1) is 0 Å². The third-order valence-electron chi connectivity index (χ3n) is 9.59. The van der Waals surface area contributed by atoms with E-state index in [1.165, 1.54) is 44.1 Å². The number of fused-ring (bicyclic) bond motifs is 4. The van der Waals surface area contributed by atoms with Crippen molar-refractivity contribution in [2.24, 2.45) is 46.2 Å². The van der Waals surface area contributed by atoms with Crippen LogP contribution in [-0.2, 0) is 9.53 Å². The lowest BCUT2D eigenvalue weighted by atomic mass is 9.54.